The van der Waals surface area contributed by atoms with Crippen LogP contribution in [0.1, 0.15) is 30.0 Å². The van der Waals surface area contributed by atoms with Gasteiger partial charge in [0.2, 0.25) is 0 Å². The molecule has 4 nitrogen and oxygen atoms in total. The molecule has 4 heteroatoms. The topological polar surface area (TPSA) is 41.9 Å². The van der Waals surface area contributed by atoms with Crippen LogP contribution >= 0.6 is 0 Å². The molecule has 1 aliphatic rings. The first-order valence-electron chi connectivity index (χ1n) is 7.84. The fourth-order valence-corrected chi connectivity index (χ4v) is 2.88. The van der Waals surface area contributed by atoms with Gasteiger partial charge in [0.15, 0.2) is 0 Å². The van der Waals surface area contributed by atoms with Crippen LogP contribution in [-0.4, -0.2) is 23.8 Å². The summed E-state index contributed by atoms with van der Waals surface area (Å²) in [6, 6.07) is 21.0. The van der Waals surface area contributed by atoms with Gasteiger partial charge in [-0.1, -0.05) is 60.7 Å². The third-order valence-electron chi connectivity index (χ3n) is 4.01. The van der Waals surface area contributed by atoms with Crippen LogP contribution in [-0.2, 0) is 16.1 Å². The lowest BCUT2D eigenvalue weighted by Crippen LogP contribution is -2.19. The van der Waals surface area contributed by atoms with Crippen LogP contribution in [0.25, 0.3) is 0 Å². The summed E-state index contributed by atoms with van der Waals surface area (Å²) in [6.07, 6.45) is 1.56. The maximum absolute atomic E-state index is 10.3. The fourth-order valence-electron chi connectivity index (χ4n) is 2.88. The average molecular weight is 308 g/mol. The Kier molecular flexibility index (Phi) is 5.04. The maximum atomic E-state index is 10.3. The van der Waals surface area contributed by atoms with Crippen LogP contribution in [0.15, 0.2) is 65.8 Å². The Morgan fingerprint density at radius 2 is 1.78 bits per heavy atom. The van der Waals surface area contributed by atoms with E-state index in [9.17, 15) is 4.79 Å². The van der Waals surface area contributed by atoms with Gasteiger partial charge in [-0.05, 0) is 11.1 Å². The number of rotatable bonds is 7. The number of hydrogen-bond donors (Lipinski definition) is 0. The van der Waals surface area contributed by atoms with Crippen LogP contribution in [0.5, 0.6) is 0 Å². The fraction of sp³-hybridized carbons (Fsp3) is 0.263. The maximum Gasteiger partial charge on any atom is 0.293 e. The van der Waals surface area contributed by atoms with Crippen LogP contribution in [0.2, 0.25) is 0 Å². The normalized spacial score (nSPS) is 17.0. The quantitative estimate of drug-likeness (QED) is 0.580. The van der Waals surface area contributed by atoms with E-state index in [-0.39, 0.29) is 6.04 Å². The van der Waals surface area contributed by atoms with Crippen LogP contribution in [0.3, 0.4) is 0 Å². The zero-order valence-electron chi connectivity index (χ0n) is 13.0. The molecule has 118 valence electrons. The highest BCUT2D eigenvalue weighted by Crippen LogP contribution is 2.32. The largest absolute Gasteiger partial charge is 0.467 e. The SMILES string of the molecule is O=COCCC1=NN(Cc2ccccc2)C(c2ccccc2)C1. The van der Waals surface area contributed by atoms with E-state index in [2.05, 4.69) is 41.4 Å². The molecule has 2 aromatic rings. The van der Waals surface area contributed by atoms with E-state index in [1.807, 2.05) is 24.3 Å². The lowest BCUT2D eigenvalue weighted by atomic mass is 10.0. The highest BCUT2D eigenvalue weighted by molar-refractivity contribution is 5.86. The Bertz CT molecular complexity index is 656. The number of benzene rings is 2. The Labute approximate surface area is 136 Å². The molecule has 0 amide bonds. The second-order valence-corrected chi connectivity index (χ2v) is 5.60. The first-order chi connectivity index (χ1) is 11.4. The first kappa shape index (κ1) is 15.3. The van der Waals surface area contributed by atoms with Crippen molar-refractivity contribution in [2.45, 2.75) is 25.4 Å². The number of hydrogen-bond acceptors (Lipinski definition) is 4. The van der Waals surface area contributed by atoms with Gasteiger partial charge in [-0.15, -0.1) is 0 Å². The second-order valence-electron chi connectivity index (χ2n) is 5.60. The first-order valence-corrected chi connectivity index (χ1v) is 7.84. The van der Waals surface area contributed by atoms with Gasteiger partial charge in [0.1, 0.15) is 0 Å². The van der Waals surface area contributed by atoms with Gasteiger partial charge < -0.3 is 4.74 Å². The molecule has 3 rings (SSSR count). The van der Waals surface area contributed by atoms with Crippen molar-refractivity contribution in [1.82, 2.24) is 5.01 Å². The number of hydrazone groups is 1. The second kappa shape index (κ2) is 7.58. The molecule has 0 aromatic heterocycles. The summed E-state index contributed by atoms with van der Waals surface area (Å²) < 4.78 is 4.81. The Balaban J connectivity index is 1.76. The van der Waals surface area contributed by atoms with E-state index in [0.717, 1.165) is 18.7 Å². The molecule has 0 fully saturated rings. The van der Waals surface area contributed by atoms with Crippen molar-refractivity contribution < 1.29 is 9.53 Å². The van der Waals surface area contributed by atoms with Crippen LogP contribution in [0, 0.1) is 0 Å². The molecule has 0 bridgehead atoms. The smallest absolute Gasteiger partial charge is 0.293 e. The average Bonchev–Trinajstić information content (AvgIpc) is 2.99. The highest BCUT2D eigenvalue weighted by Gasteiger charge is 2.27. The van der Waals surface area contributed by atoms with Gasteiger partial charge in [-0.25, -0.2) is 0 Å². The molecular weight excluding hydrogens is 288 g/mol. The molecule has 1 heterocycles. The summed E-state index contributed by atoms with van der Waals surface area (Å²) in [5, 5.41) is 6.91. The molecule has 0 saturated heterocycles. The lowest BCUT2D eigenvalue weighted by Gasteiger charge is -2.24. The third kappa shape index (κ3) is 3.97. The Morgan fingerprint density at radius 1 is 1.09 bits per heavy atom. The molecule has 23 heavy (non-hydrogen) atoms. The molecule has 0 spiro atoms. The third-order valence-corrected chi connectivity index (χ3v) is 4.01. The van der Waals surface area contributed by atoms with Gasteiger partial charge in [0.05, 0.1) is 19.2 Å². The van der Waals surface area contributed by atoms with Crippen molar-refractivity contribution >= 4 is 12.2 Å². The Hall–Kier alpha value is -2.62. The zero-order valence-corrected chi connectivity index (χ0v) is 13.0. The number of carbonyl (C=O) groups excluding carboxylic acids is 1. The van der Waals surface area contributed by atoms with Crippen molar-refractivity contribution in [3.8, 4) is 0 Å². The van der Waals surface area contributed by atoms with Crippen LogP contribution in [0.4, 0.5) is 0 Å². The van der Waals surface area contributed by atoms with Gasteiger partial charge >= 0.3 is 0 Å². The molecular formula is C19H20N2O2. The van der Waals surface area contributed by atoms with Crippen molar-refractivity contribution in [2.75, 3.05) is 6.61 Å². The Morgan fingerprint density at radius 3 is 2.48 bits per heavy atom. The van der Waals surface area contributed by atoms with E-state index >= 15 is 0 Å². The number of nitrogens with zero attached hydrogens (tertiary/aromatic N) is 2. The van der Waals surface area contributed by atoms with Crippen LogP contribution < -0.4 is 0 Å². The van der Waals surface area contributed by atoms with Gasteiger partial charge in [-0.3, -0.25) is 9.80 Å². The van der Waals surface area contributed by atoms with E-state index in [4.69, 9.17) is 9.84 Å². The molecule has 0 radical (unpaired) electrons. The van der Waals surface area contributed by atoms with Crippen molar-refractivity contribution in [1.29, 1.82) is 0 Å². The highest BCUT2D eigenvalue weighted by atomic mass is 16.5. The predicted molar refractivity (Wildman–Crippen MR) is 89.9 cm³/mol. The van der Waals surface area contributed by atoms with E-state index < -0.39 is 0 Å². The summed E-state index contributed by atoms with van der Waals surface area (Å²) in [6.45, 7) is 1.66. The lowest BCUT2D eigenvalue weighted by molar-refractivity contribution is -0.128. The minimum Gasteiger partial charge on any atom is -0.467 e. The van der Waals surface area contributed by atoms with Crippen molar-refractivity contribution in [3.05, 3.63) is 71.8 Å². The van der Waals surface area contributed by atoms with Crippen molar-refractivity contribution in [2.24, 2.45) is 5.10 Å². The predicted octanol–water partition coefficient (Wildman–Crippen LogP) is 3.55. The van der Waals surface area contributed by atoms with Gasteiger partial charge in [0.25, 0.3) is 6.47 Å². The molecule has 0 saturated carbocycles. The van der Waals surface area contributed by atoms with Crippen molar-refractivity contribution in [3.63, 3.8) is 0 Å². The van der Waals surface area contributed by atoms with E-state index in [1.165, 1.54) is 11.1 Å². The van der Waals surface area contributed by atoms with Gasteiger partial charge in [0, 0.05) is 18.6 Å². The van der Waals surface area contributed by atoms with Gasteiger partial charge in [-0.2, -0.15) is 5.10 Å². The zero-order chi connectivity index (χ0) is 15.9. The minimum absolute atomic E-state index is 0.239. The summed E-state index contributed by atoms with van der Waals surface area (Å²) in [4.78, 5) is 10.3. The minimum atomic E-state index is 0.239. The number of carbonyl (C=O) groups is 1. The summed E-state index contributed by atoms with van der Waals surface area (Å²) >= 11 is 0. The molecule has 1 aliphatic heterocycles. The standard InChI is InChI=1S/C19H20N2O2/c22-15-23-12-11-18-13-19(17-9-5-2-6-10-17)21(20-18)14-16-7-3-1-4-8-16/h1-10,15,19H,11-14H2. The molecule has 0 aliphatic carbocycles. The summed E-state index contributed by atoms with van der Waals surface area (Å²) in [7, 11) is 0. The molecule has 1 atom stereocenters. The number of ether oxygens (including phenoxy) is 1. The van der Waals surface area contributed by atoms with E-state index in [1.54, 1.807) is 0 Å². The summed E-state index contributed by atoms with van der Waals surface area (Å²) in [5.74, 6) is 0. The monoisotopic (exact) mass is 308 g/mol. The summed E-state index contributed by atoms with van der Waals surface area (Å²) in [5.41, 5.74) is 3.58. The van der Waals surface area contributed by atoms with E-state index in [0.29, 0.717) is 19.5 Å². The molecule has 2 aromatic carbocycles. The molecule has 1 unspecified atom stereocenters. The molecule has 0 N–H and O–H groups in total.